The van der Waals surface area contributed by atoms with Crippen molar-refractivity contribution in [3.05, 3.63) is 34.7 Å². The molecule has 0 atom stereocenters. The predicted molar refractivity (Wildman–Crippen MR) is 78.3 cm³/mol. The first kappa shape index (κ1) is 13.4. The maximum absolute atomic E-state index is 3.44. The minimum Gasteiger partial charge on any atom is -0.348 e. The summed E-state index contributed by atoms with van der Waals surface area (Å²) in [5.74, 6) is 0. The first-order valence-electron chi connectivity index (χ1n) is 7.26. The largest absolute Gasteiger partial charge is 0.348 e. The molecule has 1 fully saturated rings. The molecule has 0 spiro atoms. The van der Waals surface area contributed by atoms with E-state index in [9.17, 15) is 0 Å². The Hall–Kier alpha value is -1.02. The number of hydrogen-bond donors (Lipinski definition) is 1. The summed E-state index contributed by atoms with van der Waals surface area (Å²) in [7, 11) is 0. The smallest absolute Gasteiger partial charge is 0.0424 e. The quantitative estimate of drug-likeness (QED) is 0.818. The van der Waals surface area contributed by atoms with Crippen LogP contribution >= 0.6 is 0 Å². The molecule has 100 valence electrons. The van der Waals surface area contributed by atoms with Crippen LogP contribution in [0, 0.1) is 0 Å². The molecule has 0 aromatic rings. The molecule has 0 amide bonds. The second-order valence-electron chi connectivity index (χ2n) is 5.33. The number of piperidine rings is 1. The van der Waals surface area contributed by atoms with Crippen LogP contribution in [-0.4, -0.2) is 24.5 Å². The zero-order chi connectivity index (χ0) is 13.0. The van der Waals surface area contributed by atoms with Gasteiger partial charge in [-0.15, -0.1) is 0 Å². The Kier molecular flexibility index (Phi) is 4.65. The van der Waals surface area contributed by atoms with Gasteiger partial charge in [-0.1, -0.05) is 18.6 Å². The van der Waals surface area contributed by atoms with Crippen LogP contribution in [0.1, 0.15) is 46.5 Å². The Bertz CT molecular complexity index is 380. The highest BCUT2D eigenvalue weighted by molar-refractivity contribution is 5.38. The zero-order valence-electron chi connectivity index (χ0n) is 12.1. The van der Waals surface area contributed by atoms with E-state index in [0.717, 1.165) is 26.1 Å². The van der Waals surface area contributed by atoms with Gasteiger partial charge in [0.2, 0.25) is 0 Å². The van der Waals surface area contributed by atoms with E-state index in [4.69, 9.17) is 0 Å². The molecule has 18 heavy (non-hydrogen) atoms. The lowest BCUT2D eigenvalue weighted by atomic mass is 9.95. The average molecular weight is 246 g/mol. The van der Waals surface area contributed by atoms with Crippen molar-refractivity contribution in [3.63, 3.8) is 0 Å². The summed E-state index contributed by atoms with van der Waals surface area (Å²) < 4.78 is 0. The molecule has 2 aliphatic heterocycles. The van der Waals surface area contributed by atoms with E-state index in [1.165, 1.54) is 36.1 Å². The average Bonchev–Trinajstić information content (AvgIpc) is 2.93. The number of allylic oxidation sites excluding steroid dienone is 2. The van der Waals surface area contributed by atoms with E-state index in [1.807, 2.05) is 0 Å². The predicted octanol–water partition coefficient (Wildman–Crippen LogP) is 3.59. The van der Waals surface area contributed by atoms with Gasteiger partial charge in [0.05, 0.1) is 0 Å². The van der Waals surface area contributed by atoms with E-state index in [-0.39, 0.29) is 0 Å². The monoisotopic (exact) mass is 246 g/mol. The second kappa shape index (κ2) is 6.24. The Morgan fingerprint density at radius 3 is 2.56 bits per heavy atom. The van der Waals surface area contributed by atoms with Crippen molar-refractivity contribution in [2.24, 2.45) is 0 Å². The topological polar surface area (TPSA) is 15.3 Å². The summed E-state index contributed by atoms with van der Waals surface area (Å²) in [6.07, 6.45) is 9.30. The highest BCUT2D eigenvalue weighted by atomic mass is 15.1. The summed E-state index contributed by atoms with van der Waals surface area (Å²) in [4.78, 5) is 2.45. The summed E-state index contributed by atoms with van der Waals surface area (Å²) >= 11 is 0. The molecule has 2 nitrogen and oxygen atoms in total. The van der Waals surface area contributed by atoms with Gasteiger partial charge in [-0.2, -0.15) is 0 Å². The minimum absolute atomic E-state index is 1.14. The molecule has 2 heterocycles. The first-order chi connectivity index (χ1) is 8.74. The SMILES string of the molecule is CC/C(C)=C(/C(C)=C1CCNCC1)N1C=CCC1. The molecule has 2 rings (SSSR count). The Labute approximate surface area is 111 Å². The molecule has 2 aliphatic rings. The number of hydrogen-bond acceptors (Lipinski definition) is 2. The Morgan fingerprint density at radius 2 is 2.00 bits per heavy atom. The lowest BCUT2D eigenvalue weighted by Gasteiger charge is -2.27. The highest BCUT2D eigenvalue weighted by Gasteiger charge is 2.18. The number of nitrogens with zero attached hydrogens (tertiary/aromatic N) is 1. The molecule has 1 saturated heterocycles. The lowest BCUT2D eigenvalue weighted by molar-refractivity contribution is 0.497. The number of nitrogens with one attached hydrogen (secondary N) is 1. The van der Waals surface area contributed by atoms with Crippen molar-refractivity contribution in [2.45, 2.75) is 46.5 Å². The van der Waals surface area contributed by atoms with Crippen LogP contribution in [0.3, 0.4) is 0 Å². The van der Waals surface area contributed by atoms with Crippen molar-refractivity contribution in [3.8, 4) is 0 Å². The van der Waals surface area contributed by atoms with E-state index < -0.39 is 0 Å². The van der Waals surface area contributed by atoms with Crippen LogP contribution in [-0.2, 0) is 0 Å². The van der Waals surface area contributed by atoms with Gasteiger partial charge in [-0.3, -0.25) is 0 Å². The molecule has 1 N–H and O–H groups in total. The molecular formula is C16H26N2. The molecule has 0 saturated carbocycles. The molecule has 2 heteroatoms. The maximum atomic E-state index is 3.44. The minimum atomic E-state index is 1.14. The van der Waals surface area contributed by atoms with Crippen molar-refractivity contribution in [2.75, 3.05) is 19.6 Å². The Balaban J connectivity index is 2.31. The van der Waals surface area contributed by atoms with E-state index in [2.05, 4.69) is 43.3 Å². The van der Waals surface area contributed by atoms with Crippen LogP contribution in [0.2, 0.25) is 0 Å². The molecule has 0 bridgehead atoms. The van der Waals surface area contributed by atoms with Crippen molar-refractivity contribution >= 4 is 0 Å². The number of rotatable bonds is 3. The first-order valence-corrected chi connectivity index (χ1v) is 7.26. The Morgan fingerprint density at radius 1 is 1.28 bits per heavy atom. The maximum Gasteiger partial charge on any atom is 0.0424 e. The molecule has 0 radical (unpaired) electrons. The van der Waals surface area contributed by atoms with Gasteiger partial charge in [0.15, 0.2) is 0 Å². The van der Waals surface area contributed by atoms with Crippen LogP contribution in [0.15, 0.2) is 34.7 Å². The van der Waals surface area contributed by atoms with Gasteiger partial charge in [0, 0.05) is 18.4 Å². The summed E-state index contributed by atoms with van der Waals surface area (Å²) in [6.45, 7) is 10.3. The van der Waals surface area contributed by atoms with Crippen LogP contribution in [0.5, 0.6) is 0 Å². The van der Waals surface area contributed by atoms with Crippen molar-refractivity contribution in [1.29, 1.82) is 0 Å². The van der Waals surface area contributed by atoms with Gasteiger partial charge in [0.1, 0.15) is 0 Å². The standard InChI is InChI=1S/C16H26N2/c1-4-13(2)16(18-11-5-6-12-18)14(3)15-7-9-17-10-8-15/h5,11,17H,4,6-10,12H2,1-3H3/b16-13-. The molecule has 0 aromatic carbocycles. The van der Waals surface area contributed by atoms with Gasteiger partial charge >= 0.3 is 0 Å². The van der Waals surface area contributed by atoms with Crippen LogP contribution < -0.4 is 5.32 Å². The zero-order valence-corrected chi connectivity index (χ0v) is 12.1. The molecule has 0 aromatic heterocycles. The fourth-order valence-corrected chi connectivity index (χ4v) is 2.90. The molecule has 0 unspecified atom stereocenters. The van der Waals surface area contributed by atoms with E-state index in [1.54, 1.807) is 5.57 Å². The third-order valence-corrected chi connectivity index (χ3v) is 4.14. The molecular weight excluding hydrogens is 220 g/mol. The van der Waals surface area contributed by atoms with Crippen molar-refractivity contribution < 1.29 is 0 Å². The van der Waals surface area contributed by atoms with Crippen molar-refractivity contribution in [1.82, 2.24) is 10.2 Å². The third-order valence-electron chi connectivity index (χ3n) is 4.14. The van der Waals surface area contributed by atoms with Gasteiger partial charge in [-0.25, -0.2) is 0 Å². The fourth-order valence-electron chi connectivity index (χ4n) is 2.90. The molecule has 0 aliphatic carbocycles. The van der Waals surface area contributed by atoms with E-state index >= 15 is 0 Å². The summed E-state index contributed by atoms with van der Waals surface area (Å²) in [5, 5.41) is 3.44. The van der Waals surface area contributed by atoms with Crippen LogP contribution in [0.25, 0.3) is 0 Å². The third kappa shape index (κ3) is 2.86. The van der Waals surface area contributed by atoms with E-state index in [0.29, 0.717) is 0 Å². The normalized spacial score (nSPS) is 21.3. The summed E-state index contributed by atoms with van der Waals surface area (Å²) in [6, 6.07) is 0. The fraction of sp³-hybridized carbons (Fsp3) is 0.625. The van der Waals surface area contributed by atoms with Gasteiger partial charge in [0.25, 0.3) is 0 Å². The lowest BCUT2D eigenvalue weighted by Crippen LogP contribution is -2.25. The van der Waals surface area contributed by atoms with Gasteiger partial charge in [-0.05, 0) is 63.8 Å². The summed E-state index contributed by atoms with van der Waals surface area (Å²) in [5.41, 5.74) is 6.19. The van der Waals surface area contributed by atoms with Crippen LogP contribution in [0.4, 0.5) is 0 Å². The highest BCUT2D eigenvalue weighted by Crippen LogP contribution is 2.29. The van der Waals surface area contributed by atoms with Gasteiger partial charge < -0.3 is 10.2 Å². The second-order valence-corrected chi connectivity index (χ2v) is 5.33.